The zero-order valence-corrected chi connectivity index (χ0v) is 9.45. The predicted molar refractivity (Wildman–Crippen MR) is 58.2 cm³/mol. The topological polar surface area (TPSA) is 23.5 Å². The van der Waals surface area contributed by atoms with Crippen LogP contribution < -0.4 is 0 Å². The van der Waals surface area contributed by atoms with Gasteiger partial charge in [0.2, 0.25) is 0 Å². The highest BCUT2D eigenvalue weighted by Crippen LogP contribution is 2.33. The van der Waals surface area contributed by atoms with E-state index in [1.807, 2.05) is 0 Å². The van der Waals surface area contributed by atoms with Crippen molar-refractivity contribution in [2.75, 3.05) is 13.6 Å². The average molecular weight is 197 g/mol. The van der Waals surface area contributed by atoms with Crippen LogP contribution in [0.4, 0.5) is 0 Å². The van der Waals surface area contributed by atoms with Gasteiger partial charge in [-0.05, 0) is 51.0 Å². The first-order valence-electron chi connectivity index (χ1n) is 6.05. The van der Waals surface area contributed by atoms with Crippen LogP contribution in [0.2, 0.25) is 0 Å². The van der Waals surface area contributed by atoms with E-state index in [0.717, 1.165) is 24.7 Å². The van der Waals surface area contributed by atoms with Crippen LogP contribution in [0.15, 0.2) is 0 Å². The van der Waals surface area contributed by atoms with Crippen LogP contribution in [0.25, 0.3) is 0 Å². The van der Waals surface area contributed by atoms with Gasteiger partial charge in [0, 0.05) is 12.6 Å². The maximum absolute atomic E-state index is 9.67. The highest BCUT2D eigenvalue weighted by molar-refractivity contribution is 4.86. The van der Waals surface area contributed by atoms with E-state index >= 15 is 0 Å². The molecular formula is C12H23NO. The Labute approximate surface area is 87.3 Å². The van der Waals surface area contributed by atoms with Crippen molar-refractivity contribution in [1.82, 2.24) is 4.90 Å². The lowest BCUT2D eigenvalue weighted by molar-refractivity contribution is 0.0417. The van der Waals surface area contributed by atoms with Gasteiger partial charge in [-0.2, -0.15) is 0 Å². The summed E-state index contributed by atoms with van der Waals surface area (Å²) < 4.78 is 0. The zero-order valence-electron chi connectivity index (χ0n) is 9.45. The van der Waals surface area contributed by atoms with Gasteiger partial charge >= 0.3 is 0 Å². The third kappa shape index (κ3) is 2.48. The van der Waals surface area contributed by atoms with Crippen molar-refractivity contribution in [3.8, 4) is 0 Å². The average Bonchev–Trinajstić information content (AvgIpc) is 2.93. The van der Waals surface area contributed by atoms with Crippen LogP contribution in [0.1, 0.15) is 39.0 Å². The summed E-state index contributed by atoms with van der Waals surface area (Å²) in [6, 6.07) is 0.624. The minimum atomic E-state index is -0.0437. The minimum Gasteiger partial charge on any atom is -0.393 e. The molecule has 0 aromatic carbocycles. The Bertz CT molecular complexity index is 191. The molecule has 2 saturated carbocycles. The van der Waals surface area contributed by atoms with Gasteiger partial charge in [-0.15, -0.1) is 0 Å². The first kappa shape index (κ1) is 10.4. The molecule has 0 bridgehead atoms. The molecule has 0 heterocycles. The van der Waals surface area contributed by atoms with E-state index in [1.54, 1.807) is 0 Å². The molecule has 2 nitrogen and oxygen atoms in total. The van der Waals surface area contributed by atoms with E-state index in [0.29, 0.717) is 6.04 Å². The molecule has 2 rings (SSSR count). The maximum Gasteiger partial charge on any atom is 0.0555 e. The SMILES string of the molecule is CC1CCC(O)CC1N(C)CC1CC1. The van der Waals surface area contributed by atoms with Crippen LogP contribution in [0.3, 0.4) is 0 Å². The number of aliphatic hydroxyl groups excluding tert-OH is 1. The van der Waals surface area contributed by atoms with Gasteiger partial charge < -0.3 is 10.0 Å². The fourth-order valence-corrected chi connectivity index (χ4v) is 2.73. The van der Waals surface area contributed by atoms with E-state index < -0.39 is 0 Å². The van der Waals surface area contributed by atoms with E-state index in [9.17, 15) is 5.11 Å². The van der Waals surface area contributed by atoms with Gasteiger partial charge in [-0.25, -0.2) is 0 Å². The van der Waals surface area contributed by atoms with Crippen molar-refractivity contribution in [2.45, 2.75) is 51.2 Å². The normalized spacial score (nSPS) is 39.0. The quantitative estimate of drug-likeness (QED) is 0.746. The Kier molecular flexibility index (Phi) is 3.13. The molecule has 2 aliphatic rings. The monoisotopic (exact) mass is 197 g/mol. The second-order valence-corrected chi connectivity index (χ2v) is 5.39. The second kappa shape index (κ2) is 4.19. The van der Waals surface area contributed by atoms with Crippen LogP contribution in [0, 0.1) is 11.8 Å². The summed E-state index contributed by atoms with van der Waals surface area (Å²) in [4.78, 5) is 2.49. The van der Waals surface area contributed by atoms with Gasteiger partial charge in [0.05, 0.1) is 6.10 Å². The summed E-state index contributed by atoms with van der Waals surface area (Å²) in [6.45, 7) is 3.58. The molecule has 2 heteroatoms. The Morgan fingerprint density at radius 2 is 1.93 bits per heavy atom. The molecule has 0 aliphatic heterocycles. The summed E-state index contributed by atoms with van der Waals surface area (Å²) in [5.41, 5.74) is 0. The second-order valence-electron chi connectivity index (χ2n) is 5.39. The molecule has 0 aromatic rings. The number of aliphatic hydroxyl groups is 1. The number of hydrogen-bond donors (Lipinski definition) is 1. The fraction of sp³-hybridized carbons (Fsp3) is 1.00. The molecule has 0 radical (unpaired) electrons. The Morgan fingerprint density at radius 1 is 1.21 bits per heavy atom. The largest absolute Gasteiger partial charge is 0.393 e. The van der Waals surface area contributed by atoms with Crippen LogP contribution in [-0.4, -0.2) is 35.7 Å². The standard InChI is InChI=1S/C12H23NO/c1-9-3-6-11(14)7-12(9)13(2)8-10-4-5-10/h9-12,14H,3-8H2,1-2H3. The Morgan fingerprint density at radius 3 is 2.57 bits per heavy atom. The van der Waals surface area contributed by atoms with Crippen LogP contribution >= 0.6 is 0 Å². The van der Waals surface area contributed by atoms with E-state index in [2.05, 4.69) is 18.9 Å². The molecule has 2 fully saturated rings. The van der Waals surface area contributed by atoms with Gasteiger partial charge in [0.25, 0.3) is 0 Å². The van der Waals surface area contributed by atoms with E-state index in [1.165, 1.54) is 25.8 Å². The van der Waals surface area contributed by atoms with Crippen molar-refractivity contribution < 1.29 is 5.11 Å². The van der Waals surface area contributed by atoms with Crippen molar-refractivity contribution in [3.63, 3.8) is 0 Å². The van der Waals surface area contributed by atoms with Crippen molar-refractivity contribution in [1.29, 1.82) is 0 Å². The van der Waals surface area contributed by atoms with Crippen molar-refractivity contribution in [2.24, 2.45) is 11.8 Å². The highest BCUT2D eigenvalue weighted by Gasteiger charge is 2.32. The Balaban J connectivity index is 1.85. The number of nitrogens with zero attached hydrogens (tertiary/aromatic N) is 1. The summed E-state index contributed by atoms with van der Waals surface area (Å²) in [7, 11) is 2.23. The molecule has 0 spiro atoms. The van der Waals surface area contributed by atoms with Gasteiger partial charge in [-0.3, -0.25) is 0 Å². The first-order valence-corrected chi connectivity index (χ1v) is 6.05. The molecule has 3 unspecified atom stereocenters. The molecule has 82 valence electrons. The van der Waals surface area contributed by atoms with E-state index in [-0.39, 0.29) is 6.10 Å². The lowest BCUT2D eigenvalue weighted by atomic mass is 9.83. The molecule has 2 aliphatic carbocycles. The van der Waals surface area contributed by atoms with Crippen molar-refractivity contribution >= 4 is 0 Å². The molecule has 0 amide bonds. The molecule has 0 saturated heterocycles. The molecule has 3 atom stereocenters. The summed E-state index contributed by atoms with van der Waals surface area (Å²) in [6.07, 6.45) is 6.00. The Hall–Kier alpha value is -0.0800. The van der Waals surface area contributed by atoms with Crippen LogP contribution in [0.5, 0.6) is 0 Å². The smallest absolute Gasteiger partial charge is 0.0555 e. The maximum atomic E-state index is 9.67. The number of hydrogen-bond acceptors (Lipinski definition) is 2. The fourth-order valence-electron chi connectivity index (χ4n) is 2.73. The van der Waals surface area contributed by atoms with E-state index in [4.69, 9.17) is 0 Å². The number of rotatable bonds is 3. The highest BCUT2D eigenvalue weighted by atomic mass is 16.3. The summed E-state index contributed by atoms with van der Waals surface area (Å²) >= 11 is 0. The first-order chi connectivity index (χ1) is 6.66. The molecule has 0 aromatic heterocycles. The summed E-state index contributed by atoms with van der Waals surface area (Å²) in [5, 5.41) is 9.67. The molecule has 1 N–H and O–H groups in total. The zero-order chi connectivity index (χ0) is 10.1. The third-order valence-corrected chi connectivity index (χ3v) is 3.93. The lowest BCUT2D eigenvalue weighted by Gasteiger charge is -2.38. The molecular weight excluding hydrogens is 174 g/mol. The third-order valence-electron chi connectivity index (χ3n) is 3.93. The molecule has 14 heavy (non-hydrogen) atoms. The van der Waals surface area contributed by atoms with Crippen LogP contribution in [-0.2, 0) is 0 Å². The van der Waals surface area contributed by atoms with Crippen molar-refractivity contribution in [3.05, 3.63) is 0 Å². The lowest BCUT2D eigenvalue weighted by Crippen LogP contribution is -2.43. The summed E-state index contributed by atoms with van der Waals surface area (Å²) in [5.74, 6) is 1.73. The minimum absolute atomic E-state index is 0.0437. The van der Waals surface area contributed by atoms with Gasteiger partial charge in [-0.1, -0.05) is 6.92 Å². The van der Waals surface area contributed by atoms with Gasteiger partial charge in [0.15, 0.2) is 0 Å². The van der Waals surface area contributed by atoms with Gasteiger partial charge in [0.1, 0.15) is 0 Å². The predicted octanol–water partition coefficient (Wildman–Crippen LogP) is 1.88.